The van der Waals surface area contributed by atoms with Crippen LogP contribution in [0, 0.1) is 17.6 Å². The number of benzene rings is 1. The lowest BCUT2D eigenvalue weighted by Crippen LogP contribution is -2.50. The summed E-state index contributed by atoms with van der Waals surface area (Å²) in [6, 6.07) is 6.75. The van der Waals surface area contributed by atoms with Gasteiger partial charge in [0.2, 0.25) is 5.88 Å². The third-order valence-electron chi connectivity index (χ3n) is 5.57. The second-order valence-electron chi connectivity index (χ2n) is 7.48. The van der Waals surface area contributed by atoms with Crippen LogP contribution in [-0.4, -0.2) is 50.0 Å². The number of halogens is 2. The topological polar surface area (TPSA) is 73.1 Å². The molecule has 1 saturated heterocycles. The molecule has 2 atom stereocenters. The smallest absolute Gasteiger partial charge is 0.256 e. The summed E-state index contributed by atoms with van der Waals surface area (Å²) < 4.78 is 32.7. The molecule has 1 aromatic carbocycles. The Morgan fingerprint density at radius 3 is 2.65 bits per heavy atom. The Labute approximate surface area is 178 Å². The first-order chi connectivity index (χ1) is 15.1. The number of likely N-dealkylation sites (tertiary alicyclic amines) is 1. The molecule has 7 nitrogen and oxygen atoms in total. The first-order valence-corrected chi connectivity index (χ1v) is 10.3. The van der Waals surface area contributed by atoms with Gasteiger partial charge in [0.1, 0.15) is 17.3 Å². The van der Waals surface area contributed by atoms with E-state index in [1.165, 1.54) is 47.5 Å². The van der Waals surface area contributed by atoms with Crippen LogP contribution in [0.3, 0.4) is 0 Å². The van der Waals surface area contributed by atoms with Crippen molar-refractivity contribution in [3.63, 3.8) is 0 Å². The van der Waals surface area contributed by atoms with Gasteiger partial charge < -0.3 is 9.64 Å². The molecule has 1 amide bonds. The molecular weight excluding hydrogens is 404 g/mol. The predicted octanol–water partition coefficient (Wildman–Crippen LogP) is 3.65. The van der Waals surface area contributed by atoms with Crippen LogP contribution in [0.15, 0.2) is 48.9 Å². The zero-order chi connectivity index (χ0) is 21.8. The number of hydrogen-bond donors (Lipinski definition) is 0. The molecule has 1 unspecified atom stereocenters. The highest BCUT2D eigenvalue weighted by molar-refractivity contribution is 5.98. The number of carbonyl (C=O) groups excluding carboxylic acids is 1. The number of piperidine rings is 1. The average Bonchev–Trinajstić information content (AvgIpc) is 3.33. The summed E-state index contributed by atoms with van der Waals surface area (Å²) in [6.07, 6.45) is 6.54. The number of hydrogen-bond acceptors (Lipinski definition) is 5. The minimum Gasteiger partial charge on any atom is -0.477 e. The van der Waals surface area contributed by atoms with E-state index in [1.54, 1.807) is 0 Å². The molecule has 162 valence electrons. The van der Waals surface area contributed by atoms with Gasteiger partial charge in [0.15, 0.2) is 0 Å². The third-order valence-corrected chi connectivity index (χ3v) is 5.57. The zero-order valence-corrected chi connectivity index (χ0v) is 17.1. The number of aromatic nitrogens is 4. The van der Waals surface area contributed by atoms with Gasteiger partial charge in [-0.3, -0.25) is 4.79 Å². The molecule has 0 radical (unpaired) electrons. The van der Waals surface area contributed by atoms with Crippen molar-refractivity contribution in [2.45, 2.75) is 32.2 Å². The molecule has 2 aromatic heterocycles. The lowest BCUT2D eigenvalue weighted by atomic mass is 9.87. The Balaban J connectivity index is 1.54. The number of ether oxygens (including phenoxy) is 1. The lowest BCUT2D eigenvalue weighted by molar-refractivity contribution is 0.0392. The fourth-order valence-corrected chi connectivity index (χ4v) is 4.12. The SMILES string of the molecule is CCC1[C@@H](COc2ccc(F)cn2)CCCN1C(=O)c1ccc(F)cc1-n1nccn1. The van der Waals surface area contributed by atoms with Crippen LogP contribution in [0.25, 0.3) is 5.69 Å². The number of rotatable bonds is 6. The van der Waals surface area contributed by atoms with E-state index in [-0.39, 0.29) is 17.9 Å². The Hall–Kier alpha value is -3.36. The Kier molecular flexibility index (Phi) is 6.20. The maximum Gasteiger partial charge on any atom is 0.256 e. The van der Waals surface area contributed by atoms with Crippen LogP contribution >= 0.6 is 0 Å². The molecule has 4 rings (SSSR count). The number of amides is 1. The van der Waals surface area contributed by atoms with Gasteiger partial charge in [0.05, 0.1) is 30.8 Å². The van der Waals surface area contributed by atoms with Crippen molar-refractivity contribution < 1.29 is 18.3 Å². The Morgan fingerprint density at radius 1 is 1.16 bits per heavy atom. The van der Waals surface area contributed by atoms with Gasteiger partial charge in [0, 0.05) is 30.6 Å². The number of pyridine rings is 1. The van der Waals surface area contributed by atoms with Crippen molar-refractivity contribution in [1.82, 2.24) is 24.9 Å². The summed E-state index contributed by atoms with van der Waals surface area (Å²) in [5, 5.41) is 8.11. The van der Waals surface area contributed by atoms with E-state index in [9.17, 15) is 13.6 Å². The molecule has 0 spiro atoms. The average molecular weight is 427 g/mol. The molecule has 9 heteroatoms. The molecule has 0 bridgehead atoms. The molecule has 3 aromatic rings. The fraction of sp³-hybridized carbons (Fsp3) is 0.364. The monoisotopic (exact) mass is 427 g/mol. The van der Waals surface area contributed by atoms with Gasteiger partial charge in [0.25, 0.3) is 5.91 Å². The second kappa shape index (κ2) is 9.20. The summed E-state index contributed by atoms with van der Waals surface area (Å²) in [5.41, 5.74) is 0.650. The van der Waals surface area contributed by atoms with Crippen molar-refractivity contribution in [2.75, 3.05) is 13.2 Å². The van der Waals surface area contributed by atoms with Gasteiger partial charge in [-0.15, -0.1) is 0 Å². The van der Waals surface area contributed by atoms with Gasteiger partial charge >= 0.3 is 0 Å². The summed E-state index contributed by atoms with van der Waals surface area (Å²) in [4.78, 5) is 20.5. The Bertz CT molecular complexity index is 1030. The van der Waals surface area contributed by atoms with E-state index in [0.29, 0.717) is 30.3 Å². The minimum absolute atomic E-state index is 0.0508. The molecule has 0 N–H and O–H groups in total. The van der Waals surface area contributed by atoms with Crippen molar-refractivity contribution in [3.05, 3.63) is 66.1 Å². The standard InChI is InChI=1S/C22H23F2N5O2/c1-2-19-15(14-31-21-8-6-17(24)13-25-21)4-3-11-28(19)22(30)18-7-5-16(23)12-20(18)29-26-9-10-27-29/h5-10,12-13,15,19H,2-4,11,14H2,1H3/t15-,19?/m1/s1. The quantitative estimate of drug-likeness (QED) is 0.601. The van der Waals surface area contributed by atoms with E-state index in [2.05, 4.69) is 15.2 Å². The van der Waals surface area contributed by atoms with Crippen LogP contribution < -0.4 is 4.74 Å². The van der Waals surface area contributed by atoms with E-state index >= 15 is 0 Å². The normalized spacial score (nSPS) is 18.7. The molecule has 3 heterocycles. The van der Waals surface area contributed by atoms with Crippen LogP contribution in [0.5, 0.6) is 5.88 Å². The van der Waals surface area contributed by atoms with Crippen molar-refractivity contribution in [2.24, 2.45) is 5.92 Å². The van der Waals surface area contributed by atoms with Crippen LogP contribution in [0.4, 0.5) is 8.78 Å². The lowest BCUT2D eigenvalue weighted by Gasteiger charge is -2.41. The van der Waals surface area contributed by atoms with E-state index in [1.807, 2.05) is 11.8 Å². The second-order valence-corrected chi connectivity index (χ2v) is 7.48. The van der Waals surface area contributed by atoms with E-state index in [4.69, 9.17) is 4.74 Å². The van der Waals surface area contributed by atoms with Gasteiger partial charge in [-0.1, -0.05) is 6.92 Å². The molecule has 0 aliphatic carbocycles. The van der Waals surface area contributed by atoms with Gasteiger partial charge in [-0.2, -0.15) is 15.0 Å². The third kappa shape index (κ3) is 4.55. The molecule has 1 aliphatic rings. The Morgan fingerprint density at radius 2 is 1.94 bits per heavy atom. The number of nitrogens with zero attached hydrogens (tertiary/aromatic N) is 5. The minimum atomic E-state index is -0.465. The first-order valence-electron chi connectivity index (χ1n) is 10.3. The maximum atomic E-state index is 13.9. The highest BCUT2D eigenvalue weighted by Crippen LogP contribution is 2.29. The van der Waals surface area contributed by atoms with Crippen molar-refractivity contribution in [1.29, 1.82) is 0 Å². The maximum absolute atomic E-state index is 13.9. The van der Waals surface area contributed by atoms with Crippen molar-refractivity contribution >= 4 is 5.91 Å². The summed E-state index contributed by atoms with van der Waals surface area (Å²) >= 11 is 0. The fourth-order valence-electron chi connectivity index (χ4n) is 4.12. The first kappa shape index (κ1) is 20.9. The highest BCUT2D eigenvalue weighted by atomic mass is 19.1. The number of carbonyl (C=O) groups is 1. The van der Waals surface area contributed by atoms with Crippen LogP contribution in [-0.2, 0) is 0 Å². The van der Waals surface area contributed by atoms with E-state index in [0.717, 1.165) is 25.5 Å². The molecule has 1 aliphatic heterocycles. The molecule has 31 heavy (non-hydrogen) atoms. The van der Waals surface area contributed by atoms with Crippen LogP contribution in [0.2, 0.25) is 0 Å². The van der Waals surface area contributed by atoms with Gasteiger partial charge in [-0.05, 0) is 37.5 Å². The highest BCUT2D eigenvalue weighted by Gasteiger charge is 2.35. The van der Waals surface area contributed by atoms with Gasteiger partial charge in [-0.25, -0.2) is 13.8 Å². The molecule has 0 saturated carbocycles. The van der Waals surface area contributed by atoms with Crippen molar-refractivity contribution in [3.8, 4) is 11.6 Å². The van der Waals surface area contributed by atoms with Crippen LogP contribution in [0.1, 0.15) is 36.5 Å². The summed E-state index contributed by atoms with van der Waals surface area (Å²) in [7, 11) is 0. The molecule has 1 fully saturated rings. The largest absolute Gasteiger partial charge is 0.477 e. The molecular formula is C22H23F2N5O2. The predicted molar refractivity (Wildman–Crippen MR) is 109 cm³/mol. The summed E-state index contributed by atoms with van der Waals surface area (Å²) in [5.74, 6) is -0.627. The zero-order valence-electron chi connectivity index (χ0n) is 17.1. The summed E-state index contributed by atoms with van der Waals surface area (Å²) in [6.45, 7) is 3.00. The van der Waals surface area contributed by atoms with E-state index < -0.39 is 11.6 Å².